The molecule has 17 heavy (non-hydrogen) atoms. The Bertz CT molecular complexity index is 348. The maximum absolute atomic E-state index is 5.76. The predicted molar refractivity (Wildman–Crippen MR) is 70.2 cm³/mol. The first-order valence-electron chi connectivity index (χ1n) is 6.44. The van der Waals surface area contributed by atoms with Gasteiger partial charge in [0.05, 0.1) is 7.11 Å². The Balaban J connectivity index is 2.24. The van der Waals surface area contributed by atoms with Crippen molar-refractivity contribution >= 4 is 0 Å². The van der Waals surface area contributed by atoms with E-state index < -0.39 is 0 Å². The zero-order valence-corrected chi connectivity index (χ0v) is 10.6. The van der Waals surface area contributed by atoms with Gasteiger partial charge in [0.2, 0.25) is 0 Å². The van der Waals surface area contributed by atoms with E-state index in [2.05, 4.69) is 17.0 Å². The highest BCUT2D eigenvalue weighted by Crippen LogP contribution is 2.33. The summed E-state index contributed by atoms with van der Waals surface area (Å²) in [6.45, 7) is 3.09. The van der Waals surface area contributed by atoms with E-state index in [1.165, 1.54) is 31.5 Å². The maximum atomic E-state index is 5.76. The minimum Gasteiger partial charge on any atom is -0.496 e. The monoisotopic (exact) mass is 234 g/mol. The average molecular weight is 234 g/mol. The molecule has 1 aliphatic rings. The summed E-state index contributed by atoms with van der Waals surface area (Å²) in [5.41, 5.74) is 7.04. The highest BCUT2D eigenvalue weighted by molar-refractivity contribution is 5.36. The zero-order chi connectivity index (χ0) is 12.1. The van der Waals surface area contributed by atoms with Crippen molar-refractivity contribution in [3.8, 4) is 5.75 Å². The van der Waals surface area contributed by atoms with E-state index in [1.54, 1.807) is 7.11 Å². The predicted octanol–water partition coefficient (Wildman–Crippen LogP) is 2.18. The lowest BCUT2D eigenvalue weighted by atomic mass is 10.0. The first-order valence-corrected chi connectivity index (χ1v) is 6.44. The van der Waals surface area contributed by atoms with E-state index in [9.17, 15) is 0 Å². The molecule has 94 valence electrons. The Kier molecular flexibility index (Phi) is 4.40. The topological polar surface area (TPSA) is 38.5 Å². The zero-order valence-electron chi connectivity index (χ0n) is 10.6. The fraction of sp³-hybridized carbons (Fsp3) is 0.571. The number of hydrogen-bond acceptors (Lipinski definition) is 3. The number of rotatable bonds is 5. The lowest BCUT2D eigenvalue weighted by Gasteiger charge is -2.28. The van der Waals surface area contributed by atoms with Crippen LogP contribution >= 0.6 is 0 Å². The molecule has 1 saturated heterocycles. The van der Waals surface area contributed by atoms with Gasteiger partial charge in [-0.3, -0.25) is 4.90 Å². The average Bonchev–Trinajstić information content (AvgIpc) is 2.89. The molecule has 0 spiro atoms. The number of likely N-dealkylation sites (tertiary alicyclic amines) is 1. The molecule has 1 unspecified atom stereocenters. The van der Waals surface area contributed by atoms with Gasteiger partial charge in [0, 0.05) is 11.6 Å². The largest absolute Gasteiger partial charge is 0.496 e. The molecule has 1 heterocycles. The molecule has 3 nitrogen and oxygen atoms in total. The summed E-state index contributed by atoms with van der Waals surface area (Å²) in [6, 6.07) is 8.72. The van der Waals surface area contributed by atoms with E-state index in [4.69, 9.17) is 10.5 Å². The molecule has 1 aromatic rings. The number of methoxy groups -OCH3 is 1. The second-order valence-electron chi connectivity index (χ2n) is 4.58. The fourth-order valence-electron chi connectivity index (χ4n) is 2.69. The van der Waals surface area contributed by atoms with Crippen LogP contribution in [0.4, 0.5) is 0 Å². The van der Waals surface area contributed by atoms with Crippen molar-refractivity contribution in [2.75, 3.05) is 26.7 Å². The van der Waals surface area contributed by atoms with Crippen LogP contribution < -0.4 is 10.5 Å². The van der Waals surface area contributed by atoms with Gasteiger partial charge in [0.25, 0.3) is 0 Å². The number of nitrogens with zero attached hydrogens (tertiary/aromatic N) is 1. The summed E-state index contributed by atoms with van der Waals surface area (Å²) in [4.78, 5) is 2.53. The SMILES string of the molecule is COc1ccccc1C(CCN)N1CCCC1. The van der Waals surface area contributed by atoms with Gasteiger partial charge in [-0.05, 0) is 45.0 Å². The van der Waals surface area contributed by atoms with Crippen LogP contribution in [0.5, 0.6) is 5.75 Å². The Morgan fingerprint density at radius 1 is 1.29 bits per heavy atom. The van der Waals surface area contributed by atoms with Gasteiger partial charge in [0.15, 0.2) is 0 Å². The molecule has 0 amide bonds. The van der Waals surface area contributed by atoms with Gasteiger partial charge in [-0.15, -0.1) is 0 Å². The highest BCUT2D eigenvalue weighted by atomic mass is 16.5. The number of ether oxygens (including phenoxy) is 1. The first kappa shape index (κ1) is 12.4. The van der Waals surface area contributed by atoms with Crippen molar-refractivity contribution in [1.82, 2.24) is 4.90 Å². The third kappa shape index (κ3) is 2.79. The molecule has 0 radical (unpaired) electrons. The normalized spacial score (nSPS) is 18.2. The van der Waals surface area contributed by atoms with Gasteiger partial charge in [-0.2, -0.15) is 0 Å². The number of para-hydroxylation sites is 1. The molecule has 0 bridgehead atoms. The van der Waals surface area contributed by atoms with Gasteiger partial charge in [-0.1, -0.05) is 18.2 Å². The summed E-state index contributed by atoms with van der Waals surface area (Å²) >= 11 is 0. The van der Waals surface area contributed by atoms with Crippen molar-refractivity contribution in [2.24, 2.45) is 5.73 Å². The summed E-state index contributed by atoms with van der Waals surface area (Å²) < 4.78 is 5.46. The van der Waals surface area contributed by atoms with Crippen LogP contribution in [0, 0.1) is 0 Å². The second-order valence-corrected chi connectivity index (χ2v) is 4.58. The molecule has 1 aromatic carbocycles. The Morgan fingerprint density at radius 3 is 2.65 bits per heavy atom. The Labute approximate surface area is 104 Å². The third-order valence-electron chi connectivity index (χ3n) is 3.52. The highest BCUT2D eigenvalue weighted by Gasteiger charge is 2.24. The van der Waals surface area contributed by atoms with Crippen LogP contribution in [0.15, 0.2) is 24.3 Å². The van der Waals surface area contributed by atoms with Crippen molar-refractivity contribution < 1.29 is 4.74 Å². The van der Waals surface area contributed by atoms with E-state index in [1.807, 2.05) is 12.1 Å². The van der Waals surface area contributed by atoms with E-state index >= 15 is 0 Å². The van der Waals surface area contributed by atoms with Crippen molar-refractivity contribution in [2.45, 2.75) is 25.3 Å². The summed E-state index contributed by atoms with van der Waals surface area (Å²) in [7, 11) is 1.74. The molecular weight excluding hydrogens is 212 g/mol. The van der Waals surface area contributed by atoms with Crippen molar-refractivity contribution in [3.05, 3.63) is 29.8 Å². The molecule has 0 saturated carbocycles. The van der Waals surface area contributed by atoms with Crippen LogP contribution in [-0.2, 0) is 0 Å². The van der Waals surface area contributed by atoms with Crippen LogP contribution in [0.2, 0.25) is 0 Å². The minimum atomic E-state index is 0.415. The van der Waals surface area contributed by atoms with Gasteiger partial charge in [-0.25, -0.2) is 0 Å². The molecule has 2 N–H and O–H groups in total. The summed E-state index contributed by atoms with van der Waals surface area (Å²) in [5.74, 6) is 0.984. The van der Waals surface area contributed by atoms with Crippen molar-refractivity contribution in [3.63, 3.8) is 0 Å². The molecule has 1 atom stereocenters. The van der Waals surface area contributed by atoms with Gasteiger partial charge >= 0.3 is 0 Å². The van der Waals surface area contributed by atoms with Gasteiger partial charge in [0.1, 0.15) is 5.75 Å². The van der Waals surface area contributed by atoms with Crippen molar-refractivity contribution in [1.29, 1.82) is 0 Å². The molecule has 2 rings (SSSR count). The number of nitrogens with two attached hydrogens (primary N) is 1. The molecule has 0 aliphatic carbocycles. The molecule has 0 aromatic heterocycles. The quantitative estimate of drug-likeness (QED) is 0.848. The second kappa shape index (κ2) is 6.03. The summed E-state index contributed by atoms with van der Waals surface area (Å²) in [6.07, 6.45) is 3.60. The number of benzene rings is 1. The third-order valence-corrected chi connectivity index (χ3v) is 3.52. The van der Waals surface area contributed by atoms with Crippen LogP contribution in [-0.4, -0.2) is 31.6 Å². The fourth-order valence-corrected chi connectivity index (χ4v) is 2.69. The van der Waals surface area contributed by atoms with Crippen LogP contribution in [0.1, 0.15) is 30.9 Å². The van der Waals surface area contributed by atoms with Crippen LogP contribution in [0.3, 0.4) is 0 Å². The molecule has 1 fully saturated rings. The lowest BCUT2D eigenvalue weighted by molar-refractivity contribution is 0.230. The summed E-state index contributed by atoms with van der Waals surface area (Å²) in [5, 5.41) is 0. The van der Waals surface area contributed by atoms with E-state index in [0.717, 1.165) is 18.7 Å². The van der Waals surface area contributed by atoms with E-state index in [0.29, 0.717) is 6.04 Å². The smallest absolute Gasteiger partial charge is 0.123 e. The lowest BCUT2D eigenvalue weighted by Crippen LogP contribution is -2.27. The molecule has 3 heteroatoms. The molecular formula is C14H22N2O. The molecule has 1 aliphatic heterocycles. The maximum Gasteiger partial charge on any atom is 0.123 e. The van der Waals surface area contributed by atoms with Gasteiger partial charge < -0.3 is 10.5 Å². The van der Waals surface area contributed by atoms with E-state index in [-0.39, 0.29) is 0 Å². The first-order chi connectivity index (χ1) is 8.36. The Morgan fingerprint density at radius 2 is 2.00 bits per heavy atom. The standard InChI is InChI=1S/C14H22N2O/c1-17-14-7-3-2-6-12(14)13(8-9-15)16-10-4-5-11-16/h2-3,6-7,13H,4-5,8-11,15H2,1H3. The minimum absolute atomic E-state index is 0.415. The van der Waals surface area contributed by atoms with Crippen LogP contribution in [0.25, 0.3) is 0 Å². The number of hydrogen-bond donors (Lipinski definition) is 1. The Hall–Kier alpha value is -1.06.